The quantitative estimate of drug-likeness (QED) is 0.0409. The van der Waals surface area contributed by atoms with Gasteiger partial charge in [0.15, 0.2) is 23.1 Å². The summed E-state index contributed by atoms with van der Waals surface area (Å²) in [5.41, 5.74) is 30.2. The monoisotopic (exact) mass is 2860 g/mol. The van der Waals surface area contributed by atoms with Gasteiger partial charge < -0.3 is 35.4 Å². The Bertz CT molecular complexity index is 6930. The number of pyridine rings is 6. The van der Waals surface area contributed by atoms with Crippen LogP contribution >= 0.6 is 0 Å². The van der Waals surface area contributed by atoms with Gasteiger partial charge in [0.2, 0.25) is 0 Å². The number of carbonyl (C=O) groups excluding carboxylic acids is 4. The largest absolute Gasteiger partial charge is 0.512 e. The first-order valence-corrected chi connectivity index (χ1v) is 48.3. The molecule has 0 saturated heterocycles. The molecule has 4 N–H and O–H groups in total. The minimum atomic E-state index is -1.28. The van der Waals surface area contributed by atoms with E-state index >= 15 is 0 Å². The Balaban J connectivity index is -0.00000158. The van der Waals surface area contributed by atoms with Gasteiger partial charge >= 0.3 is 0 Å². The maximum atomic E-state index is 10.0. The molecule has 17 aromatic rings. The molecule has 0 atom stereocenters. The Morgan fingerprint density at radius 3 is 1.12 bits per heavy atom. The van der Waals surface area contributed by atoms with Gasteiger partial charge in [0.1, 0.15) is 0 Å². The molecule has 17 rings (SSSR count). The minimum absolute atomic E-state index is 0. The fourth-order valence-corrected chi connectivity index (χ4v) is 15.7. The summed E-state index contributed by atoms with van der Waals surface area (Å²) in [6, 6.07) is 107. The van der Waals surface area contributed by atoms with Crippen molar-refractivity contribution in [1.82, 2.24) is 29.9 Å². The van der Waals surface area contributed by atoms with Gasteiger partial charge in [-0.15, -0.1) is 212 Å². The second-order valence-corrected chi connectivity index (χ2v) is 39.8. The van der Waals surface area contributed by atoms with E-state index in [1.165, 1.54) is 173 Å². The first kappa shape index (κ1) is 138. The van der Waals surface area contributed by atoms with Gasteiger partial charge in [0.25, 0.3) is 0 Å². The van der Waals surface area contributed by atoms with Crippen molar-refractivity contribution >= 4 is 90.6 Å². The van der Waals surface area contributed by atoms with Crippen LogP contribution in [-0.2, 0) is 120 Å². The molecule has 0 unspecified atom stereocenters. The number of aryl methyl sites for hydroxylation is 12. The third kappa shape index (κ3) is 46.8. The summed E-state index contributed by atoms with van der Waals surface area (Å²) >= 11 is 0. The van der Waals surface area contributed by atoms with E-state index in [1.54, 1.807) is 6.20 Å². The predicted octanol–water partition coefficient (Wildman–Crippen LogP) is 32.6. The van der Waals surface area contributed by atoms with Crippen LogP contribution in [-0.4, -0.2) is 81.5 Å². The smallest absolute Gasteiger partial charge is 0.155 e. The fraction of sp³-hybridized carbons (Fsp3) is 0.222. The summed E-state index contributed by atoms with van der Waals surface area (Å²) in [5, 5.41) is 43.4. The summed E-state index contributed by atoms with van der Waals surface area (Å²) < 4.78 is 0. The molecule has 0 amide bonds. The summed E-state index contributed by atoms with van der Waals surface area (Å²) in [6.07, 6.45) is 10.3. The number of aliphatic hydroxyl groups excluding tert-OH is 4. The summed E-state index contributed by atoms with van der Waals surface area (Å²) in [7, 11) is -1.28. The number of nitrogens with zero attached hydrogens (tertiary/aromatic N) is 6. The minimum Gasteiger partial charge on any atom is -0.512 e. The van der Waals surface area contributed by atoms with Gasteiger partial charge in [0, 0.05) is 154 Å². The fourth-order valence-electron chi connectivity index (χ4n) is 14.6. The van der Waals surface area contributed by atoms with Gasteiger partial charge in [-0.2, -0.15) is 0 Å². The average Bonchev–Trinajstić information content (AvgIpc) is 0.797. The molecule has 6 aromatic heterocycles. The standard InChI is InChI=1S/C20H22NSi.2C19H18N.C17H14N.C15H10N.C11H8N.4C5H8O2.5CH4.5Ir/c1-14-10-15(2)12-17(11-14)20-8-6-16-13-18(22(3,4)5)7-9-19(16)21-20;1-12-7-13(2)10-16(9-12)18-6-5-17-15(4)8-14(3)11-19(17)20-18;1-12-5-6-17-15(4)11-18(20-19(17)10-12)16-8-13(2)7-14(3)9-16;1-12-6-5-8-14(10-12)17-13(2)16-9-4-3-7-15(16)11-18-17;1-2-6-12(7-3-1)15-10-13-8-4-5-9-14(13)11-16-15;1-2-6-10(7-3-1)11-8-4-5-9-12-11;4*1-4(6)3-5(2)7;;;;;;;;;;/h6-11,13H,1-5H3;5-9,11H,1-4H3;5-8,10-11H,1-4H3;3-7,9-11H,1-2H3;1-6,8-11H;1-6,8-9H;4*3,6H,1-2H3;5*1H4;;;;;/q6*-1;;;;;;;;;;;;;;. The van der Waals surface area contributed by atoms with E-state index in [9.17, 15) is 19.2 Å². The second kappa shape index (κ2) is 68.4. The van der Waals surface area contributed by atoms with Crippen molar-refractivity contribution in [2.24, 2.45) is 0 Å². The molecule has 0 spiro atoms. The van der Waals surface area contributed by atoms with Gasteiger partial charge in [-0.3, -0.25) is 34.1 Å². The van der Waals surface area contributed by atoms with E-state index in [0.29, 0.717) is 0 Å². The third-order valence-electron chi connectivity index (χ3n) is 20.3. The molecular weight excluding hydrogens is 2710 g/mol. The molecule has 0 aliphatic rings. The van der Waals surface area contributed by atoms with Crippen molar-refractivity contribution in [3.63, 3.8) is 0 Å². The van der Waals surface area contributed by atoms with Crippen LogP contribution in [0.5, 0.6) is 0 Å². The maximum Gasteiger partial charge on any atom is 0.155 e. The van der Waals surface area contributed by atoms with Crippen LogP contribution in [0.2, 0.25) is 19.6 Å². The van der Waals surface area contributed by atoms with Gasteiger partial charge in [-0.05, 0) is 198 Å². The predicted molar refractivity (Wildman–Crippen MR) is 600 cm³/mol. The molecular formula is C126H142Ir5N6O8Si-6. The Morgan fingerprint density at radius 1 is 0.288 bits per heavy atom. The van der Waals surface area contributed by atoms with Gasteiger partial charge in [0.05, 0.1) is 47.7 Å². The molecule has 11 aromatic carbocycles. The summed E-state index contributed by atoms with van der Waals surface area (Å²) in [4.78, 5) is 67.8. The number of ketones is 4. The number of hydrogen-bond acceptors (Lipinski definition) is 14. The van der Waals surface area contributed by atoms with E-state index in [2.05, 4.69) is 318 Å². The molecule has 5 radical (unpaired) electrons. The topological polar surface area (TPSA) is 227 Å². The first-order valence-electron chi connectivity index (χ1n) is 44.8. The number of hydrogen-bond donors (Lipinski definition) is 4. The first-order chi connectivity index (χ1) is 64.5. The van der Waals surface area contributed by atoms with Crippen molar-refractivity contribution in [1.29, 1.82) is 0 Å². The van der Waals surface area contributed by atoms with Crippen LogP contribution < -0.4 is 5.19 Å². The van der Waals surface area contributed by atoms with E-state index in [1.807, 2.05) is 103 Å². The zero-order valence-electron chi connectivity index (χ0n) is 84.1. The molecule has 0 bridgehead atoms. The Morgan fingerprint density at radius 2 is 0.678 bits per heavy atom. The zero-order chi connectivity index (χ0) is 99.5. The van der Waals surface area contributed by atoms with Crippen LogP contribution in [0.4, 0.5) is 0 Å². The molecule has 6 heterocycles. The average molecular weight is 2860 g/mol. The number of fused-ring (bicyclic) bond motifs is 5. The number of aromatic nitrogens is 6. The zero-order valence-corrected chi connectivity index (χ0v) is 97.0. The third-order valence-corrected chi connectivity index (χ3v) is 22.4. The van der Waals surface area contributed by atoms with Crippen molar-refractivity contribution in [3.05, 3.63) is 424 Å². The number of aliphatic hydroxyl groups is 4. The van der Waals surface area contributed by atoms with Crippen molar-refractivity contribution in [2.75, 3.05) is 0 Å². The maximum absolute atomic E-state index is 10.0. The summed E-state index contributed by atoms with van der Waals surface area (Å²) in [6.45, 7) is 43.8. The molecule has 0 fully saturated rings. The molecule has 14 nitrogen and oxygen atoms in total. The van der Waals surface area contributed by atoms with Crippen LogP contribution in [0.25, 0.3) is 122 Å². The van der Waals surface area contributed by atoms with E-state index in [4.69, 9.17) is 35.4 Å². The molecule has 0 aliphatic carbocycles. The van der Waals surface area contributed by atoms with Crippen LogP contribution in [0.1, 0.15) is 159 Å². The van der Waals surface area contributed by atoms with Crippen molar-refractivity contribution in [3.8, 4) is 67.5 Å². The molecule has 0 aliphatic heterocycles. The number of rotatable bonds is 11. The van der Waals surface area contributed by atoms with Crippen LogP contribution in [0, 0.1) is 119 Å². The van der Waals surface area contributed by atoms with E-state index < -0.39 is 8.07 Å². The number of allylic oxidation sites excluding steroid dienone is 8. The van der Waals surface area contributed by atoms with Crippen molar-refractivity contribution < 1.29 is 140 Å². The SMILES string of the molecule is C.C.C.C.C.CC(=O)C=C(C)O.CC(=O)C=C(C)O.CC(=O)C=C(C)O.CC(=O)C=C(C)O.Cc1[c-]c(-c2cc(C)c3ccc(C)cc3n2)cc(C)c1.Cc1[c-]c(-c2ccc3c(C)cc(C)cc3n2)cc(C)c1.Cc1[c-]c(-c2ccc3cc([Si](C)(C)C)ccc3n2)cc(C)c1.Cc1cc[c-]c(-c2ncc3ccccc3c2C)c1.[Ir].[Ir].[Ir].[Ir].[Ir].[c-]1ccccc1-c1cc2ccccc2cn1.[c-]1ccccc1-c1ccccn1. The van der Waals surface area contributed by atoms with Crippen LogP contribution in [0.3, 0.4) is 0 Å². The number of benzene rings is 11. The number of carbonyl (C=O) groups is 4. The second-order valence-electron chi connectivity index (χ2n) is 34.7. The molecule has 0 saturated carbocycles. The van der Waals surface area contributed by atoms with Gasteiger partial charge in [-0.25, -0.2) is 0 Å². The van der Waals surface area contributed by atoms with E-state index in [0.717, 1.165) is 101 Å². The van der Waals surface area contributed by atoms with Gasteiger partial charge in [-0.1, -0.05) is 243 Å². The summed E-state index contributed by atoms with van der Waals surface area (Å²) in [5.74, 6) is -0.250. The van der Waals surface area contributed by atoms with E-state index in [-0.39, 0.29) is 184 Å². The molecule has 20 heteroatoms. The Labute approximate surface area is 938 Å². The Hall–Kier alpha value is -12.1. The molecule has 146 heavy (non-hydrogen) atoms. The Kier molecular flexibility index (Phi) is 64.7. The van der Waals surface area contributed by atoms with Crippen molar-refractivity contribution in [2.45, 2.75) is 195 Å². The van der Waals surface area contributed by atoms with Crippen LogP contribution in [0.15, 0.2) is 321 Å². The normalized spacial score (nSPS) is 10.3. The molecule has 779 valence electrons.